The second-order valence-corrected chi connectivity index (χ2v) is 3.51. The molecule has 1 unspecified atom stereocenters. The molecule has 2 rings (SSSR count). The van der Waals surface area contributed by atoms with Crippen LogP contribution < -0.4 is 14.7 Å². The van der Waals surface area contributed by atoms with Crippen molar-refractivity contribution >= 4 is 6.08 Å². The molecule has 0 spiro atoms. The molecule has 1 aliphatic heterocycles. The molecule has 1 aromatic carbocycles. The van der Waals surface area contributed by atoms with Crippen molar-refractivity contribution in [3.05, 3.63) is 34.7 Å². The summed E-state index contributed by atoms with van der Waals surface area (Å²) in [5.41, 5.74) is 1.60. The minimum atomic E-state index is -0.994. The molecule has 0 amide bonds. The van der Waals surface area contributed by atoms with Gasteiger partial charge < -0.3 is 19.4 Å². The third-order valence-corrected chi connectivity index (χ3v) is 2.34. The van der Waals surface area contributed by atoms with E-state index in [1.807, 2.05) is 0 Å². The molecule has 6 heteroatoms. The summed E-state index contributed by atoms with van der Waals surface area (Å²) in [4.78, 5) is 0. The number of hydroxylamine groups is 2. The maximum absolute atomic E-state index is 10.5. The first-order chi connectivity index (χ1) is 8.20. The lowest BCUT2D eigenvalue weighted by Crippen LogP contribution is -2.99. The Hall–Kier alpha value is -1.60. The first kappa shape index (κ1) is 11.9. The Labute approximate surface area is 98.2 Å². The van der Waals surface area contributed by atoms with E-state index >= 15 is 0 Å². The maximum Gasteiger partial charge on any atom is 0.231 e. The number of ether oxygens (including phenoxy) is 3. The SMILES string of the molecule is COCc1cc2c(cc1/C=C/[NH+]([O-])O)OCO2. The number of quaternary nitrogens is 1. The lowest BCUT2D eigenvalue weighted by Gasteiger charge is -2.08. The lowest BCUT2D eigenvalue weighted by molar-refractivity contribution is -1.00. The average Bonchev–Trinajstić information content (AvgIpc) is 2.73. The van der Waals surface area contributed by atoms with Crippen molar-refractivity contribution in [2.24, 2.45) is 0 Å². The molecule has 0 saturated heterocycles. The van der Waals surface area contributed by atoms with Crippen LogP contribution in [0.1, 0.15) is 11.1 Å². The fourth-order valence-electron chi connectivity index (χ4n) is 1.60. The molecule has 0 radical (unpaired) electrons. The molecule has 0 aromatic heterocycles. The summed E-state index contributed by atoms with van der Waals surface area (Å²) in [6.07, 6.45) is 2.59. The zero-order chi connectivity index (χ0) is 12.3. The van der Waals surface area contributed by atoms with Gasteiger partial charge in [-0.1, -0.05) is 0 Å². The number of nitrogens with one attached hydrogen (secondary N) is 1. The van der Waals surface area contributed by atoms with E-state index in [0.717, 1.165) is 17.3 Å². The van der Waals surface area contributed by atoms with Crippen LogP contribution in [-0.2, 0) is 11.3 Å². The first-order valence-corrected chi connectivity index (χ1v) is 5.03. The van der Waals surface area contributed by atoms with Crippen LogP contribution >= 0.6 is 0 Å². The van der Waals surface area contributed by atoms with Gasteiger partial charge >= 0.3 is 0 Å². The average molecular weight is 239 g/mol. The number of fused-ring (bicyclic) bond motifs is 1. The number of hydrogen-bond acceptors (Lipinski definition) is 5. The quantitative estimate of drug-likeness (QED) is 0.739. The van der Waals surface area contributed by atoms with Crippen molar-refractivity contribution in [2.75, 3.05) is 13.9 Å². The van der Waals surface area contributed by atoms with Gasteiger partial charge in [0.25, 0.3) is 0 Å². The summed E-state index contributed by atoms with van der Waals surface area (Å²) in [5.74, 6) is 1.28. The minimum Gasteiger partial charge on any atom is -0.595 e. The van der Waals surface area contributed by atoms with Gasteiger partial charge in [-0.15, -0.1) is 0 Å². The maximum atomic E-state index is 10.5. The molecule has 1 aromatic rings. The van der Waals surface area contributed by atoms with E-state index in [1.54, 1.807) is 19.2 Å². The van der Waals surface area contributed by atoms with Crippen molar-refractivity contribution in [1.29, 1.82) is 0 Å². The summed E-state index contributed by atoms with van der Waals surface area (Å²) >= 11 is 0. The first-order valence-electron chi connectivity index (χ1n) is 5.03. The third-order valence-electron chi connectivity index (χ3n) is 2.34. The smallest absolute Gasteiger partial charge is 0.231 e. The van der Waals surface area contributed by atoms with Crippen LogP contribution in [0.2, 0.25) is 0 Å². The van der Waals surface area contributed by atoms with Crippen molar-refractivity contribution < 1.29 is 24.6 Å². The molecule has 1 heterocycles. The predicted molar refractivity (Wildman–Crippen MR) is 58.4 cm³/mol. The van der Waals surface area contributed by atoms with E-state index in [2.05, 4.69) is 0 Å². The molecule has 0 fully saturated rings. The van der Waals surface area contributed by atoms with Gasteiger partial charge in [0.2, 0.25) is 6.79 Å². The zero-order valence-corrected chi connectivity index (χ0v) is 9.30. The molecule has 0 aliphatic carbocycles. The van der Waals surface area contributed by atoms with Gasteiger partial charge in [-0.2, -0.15) is 0 Å². The molecule has 0 saturated carbocycles. The van der Waals surface area contributed by atoms with Gasteiger partial charge in [-0.3, -0.25) is 0 Å². The van der Waals surface area contributed by atoms with Crippen LogP contribution in [0.5, 0.6) is 11.5 Å². The summed E-state index contributed by atoms with van der Waals surface area (Å²) in [6.45, 7) is 0.573. The molecular formula is C11H13NO5. The van der Waals surface area contributed by atoms with Crippen molar-refractivity contribution in [3.8, 4) is 11.5 Å². The van der Waals surface area contributed by atoms with Gasteiger partial charge in [0, 0.05) is 13.2 Å². The Morgan fingerprint density at radius 1 is 1.47 bits per heavy atom. The number of methoxy groups -OCH3 is 1. The molecule has 1 atom stereocenters. The standard InChI is InChI=1S/C11H13NO5/c1-15-6-9-5-11-10(16-7-17-11)4-8(9)2-3-12(13)14/h2-5,12-13H,6-7H2,1H3/b3-2+. The highest BCUT2D eigenvalue weighted by Gasteiger charge is 2.16. The third kappa shape index (κ3) is 2.75. The van der Waals surface area contributed by atoms with E-state index < -0.39 is 5.23 Å². The Morgan fingerprint density at radius 2 is 2.18 bits per heavy atom. The van der Waals surface area contributed by atoms with Crippen molar-refractivity contribution in [3.63, 3.8) is 0 Å². The van der Waals surface area contributed by atoms with Gasteiger partial charge in [0.15, 0.2) is 11.5 Å². The largest absolute Gasteiger partial charge is 0.595 e. The van der Waals surface area contributed by atoms with Crippen LogP contribution in [0.25, 0.3) is 6.08 Å². The zero-order valence-electron chi connectivity index (χ0n) is 9.30. The van der Waals surface area contributed by atoms with Crippen LogP contribution in [0.3, 0.4) is 0 Å². The normalized spacial score (nSPS) is 15.5. The Balaban J connectivity index is 2.34. The van der Waals surface area contributed by atoms with E-state index in [1.165, 1.54) is 6.08 Å². The Kier molecular flexibility index (Phi) is 3.60. The highest BCUT2D eigenvalue weighted by molar-refractivity contribution is 5.60. The van der Waals surface area contributed by atoms with E-state index in [0.29, 0.717) is 18.1 Å². The Morgan fingerprint density at radius 3 is 2.82 bits per heavy atom. The van der Waals surface area contributed by atoms with E-state index in [9.17, 15) is 5.21 Å². The molecule has 2 N–H and O–H groups in total. The molecule has 6 nitrogen and oxygen atoms in total. The highest BCUT2D eigenvalue weighted by atomic mass is 16.8. The lowest BCUT2D eigenvalue weighted by atomic mass is 10.1. The van der Waals surface area contributed by atoms with Crippen LogP contribution in [0.15, 0.2) is 18.3 Å². The van der Waals surface area contributed by atoms with Crippen molar-refractivity contribution in [1.82, 2.24) is 0 Å². The monoisotopic (exact) mass is 239 g/mol. The Bertz CT molecular complexity index is 430. The fourth-order valence-corrected chi connectivity index (χ4v) is 1.60. The predicted octanol–water partition coefficient (Wildman–Crippen LogP) is 0.304. The molecule has 92 valence electrons. The van der Waals surface area contributed by atoms with Crippen molar-refractivity contribution in [2.45, 2.75) is 6.61 Å². The molecule has 17 heavy (non-hydrogen) atoms. The summed E-state index contributed by atoms with van der Waals surface area (Å²) in [6, 6.07) is 3.55. The molecule has 1 aliphatic rings. The number of benzene rings is 1. The molecule has 0 bridgehead atoms. The summed E-state index contributed by atoms with van der Waals surface area (Å²) in [5, 5.41) is 18.1. The van der Waals surface area contributed by atoms with Crippen LogP contribution in [0, 0.1) is 5.21 Å². The van der Waals surface area contributed by atoms with E-state index in [4.69, 9.17) is 19.4 Å². The second kappa shape index (κ2) is 5.15. The summed E-state index contributed by atoms with van der Waals surface area (Å²) < 4.78 is 15.5. The minimum absolute atomic E-state index is 0.188. The van der Waals surface area contributed by atoms with E-state index in [-0.39, 0.29) is 6.79 Å². The topological polar surface area (TPSA) is 75.4 Å². The summed E-state index contributed by atoms with van der Waals surface area (Å²) in [7, 11) is 1.58. The van der Waals surface area contributed by atoms with Gasteiger partial charge in [-0.05, 0) is 23.3 Å². The van der Waals surface area contributed by atoms with Crippen LogP contribution in [-0.4, -0.2) is 19.1 Å². The second-order valence-electron chi connectivity index (χ2n) is 3.51. The van der Waals surface area contributed by atoms with Gasteiger partial charge in [-0.25, -0.2) is 10.4 Å². The van der Waals surface area contributed by atoms with Crippen LogP contribution in [0.4, 0.5) is 0 Å². The van der Waals surface area contributed by atoms with Gasteiger partial charge in [0.1, 0.15) is 6.20 Å². The highest BCUT2D eigenvalue weighted by Crippen LogP contribution is 2.35. The number of rotatable bonds is 4. The fraction of sp³-hybridized carbons (Fsp3) is 0.273. The number of hydrogen-bond donors (Lipinski definition) is 2. The molecular weight excluding hydrogens is 226 g/mol. The van der Waals surface area contributed by atoms with Gasteiger partial charge in [0.05, 0.1) is 6.61 Å².